The Morgan fingerprint density at radius 3 is 2.43 bits per heavy atom. The number of halogens is 1. The van der Waals surface area contributed by atoms with Gasteiger partial charge in [-0.15, -0.1) is 0 Å². The van der Waals surface area contributed by atoms with Crippen LogP contribution < -0.4 is 5.32 Å². The van der Waals surface area contributed by atoms with Gasteiger partial charge in [-0.25, -0.2) is 0 Å². The molecule has 23 heavy (non-hydrogen) atoms. The van der Waals surface area contributed by atoms with Crippen LogP contribution in [0.25, 0.3) is 0 Å². The van der Waals surface area contributed by atoms with Crippen LogP contribution in [-0.4, -0.2) is 36.2 Å². The van der Waals surface area contributed by atoms with E-state index < -0.39 is 23.4 Å². The van der Waals surface area contributed by atoms with Crippen molar-refractivity contribution >= 4 is 29.2 Å². The minimum absolute atomic E-state index is 0.128. The molecule has 0 spiro atoms. The molecular weight excluding hydrogens is 320 g/mol. The van der Waals surface area contributed by atoms with Crippen molar-refractivity contribution in [3.8, 4) is 0 Å². The van der Waals surface area contributed by atoms with Gasteiger partial charge in [0.25, 0.3) is 0 Å². The van der Waals surface area contributed by atoms with Crippen LogP contribution in [0.3, 0.4) is 0 Å². The normalized spacial score (nSPS) is 18.5. The van der Waals surface area contributed by atoms with Gasteiger partial charge in [0.2, 0.25) is 0 Å². The zero-order valence-electron chi connectivity index (χ0n) is 13.5. The summed E-state index contributed by atoms with van der Waals surface area (Å²) in [5.41, 5.74) is -0.108. The van der Waals surface area contributed by atoms with Gasteiger partial charge >= 0.3 is 11.9 Å². The first-order valence-corrected chi connectivity index (χ1v) is 8.12. The predicted molar refractivity (Wildman–Crippen MR) is 86.4 cm³/mol. The number of aromatic nitrogens is 1. The lowest BCUT2D eigenvalue weighted by Crippen LogP contribution is -2.57. The van der Waals surface area contributed by atoms with Gasteiger partial charge in [-0.3, -0.25) is 14.6 Å². The van der Waals surface area contributed by atoms with E-state index in [1.54, 1.807) is 19.9 Å². The lowest BCUT2D eigenvalue weighted by Gasteiger charge is -2.40. The minimum Gasteiger partial charge on any atom is -0.465 e. The van der Waals surface area contributed by atoms with E-state index in [1.807, 2.05) is 6.92 Å². The van der Waals surface area contributed by atoms with E-state index in [0.29, 0.717) is 17.1 Å². The maximum Gasteiger partial charge on any atom is 0.326 e. The van der Waals surface area contributed by atoms with Crippen molar-refractivity contribution in [3.05, 3.63) is 23.0 Å². The fourth-order valence-electron chi connectivity index (χ4n) is 2.91. The Hall–Kier alpha value is -1.82. The molecule has 1 aromatic heterocycles. The summed E-state index contributed by atoms with van der Waals surface area (Å²) in [4.78, 5) is 29.6. The number of carbonyl (C=O) groups is 2. The molecule has 126 valence electrons. The molecule has 6 nitrogen and oxygen atoms in total. The molecule has 0 radical (unpaired) electrons. The Kier molecular flexibility index (Phi) is 5.46. The summed E-state index contributed by atoms with van der Waals surface area (Å²) < 4.78 is 10.4. The van der Waals surface area contributed by atoms with E-state index in [1.165, 1.54) is 6.20 Å². The molecule has 1 aliphatic rings. The van der Waals surface area contributed by atoms with Crippen molar-refractivity contribution in [1.82, 2.24) is 4.98 Å². The summed E-state index contributed by atoms with van der Waals surface area (Å²) in [7, 11) is 0. The molecule has 1 atom stereocenters. The number of carbonyl (C=O) groups excluding carboxylic acids is 2. The standard InChI is InChI=1S/C16H21ClN2O4/c1-4-13-16(14(20)22-5-2,15(21)23-6-3)8-12-11(19-13)7-10(17)9-18-12/h7,9,13,19H,4-6,8H2,1-3H3. The van der Waals surface area contributed by atoms with Gasteiger partial charge in [-0.2, -0.15) is 0 Å². The molecule has 0 saturated heterocycles. The van der Waals surface area contributed by atoms with Gasteiger partial charge in [0.05, 0.1) is 35.7 Å². The Labute approximate surface area is 140 Å². The Morgan fingerprint density at radius 1 is 1.30 bits per heavy atom. The second-order valence-electron chi connectivity index (χ2n) is 5.34. The Morgan fingerprint density at radius 2 is 1.91 bits per heavy atom. The van der Waals surface area contributed by atoms with Crippen molar-refractivity contribution in [2.24, 2.45) is 5.41 Å². The molecule has 2 rings (SSSR count). The van der Waals surface area contributed by atoms with Gasteiger partial charge in [-0.1, -0.05) is 18.5 Å². The van der Waals surface area contributed by atoms with Crippen LogP contribution in [0.4, 0.5) is 5.69 Å². The summed E-state index contributed by atoms with van der Waals surface area (Å²) in [6, 6.07) is 1.29. The minimum atomic E-state index is -1.44. The predicted octanol–water partition coefficient (Wildman–Crippen LogP) is 2.59. The first kappa shape index (κ1) is 17.5. The number of nitrogens with one attached hydrogen (secondary N) is 1. The molecule has 0 bridgehead atoms. The van der Waals surface area contributed by atoms with Crippen LogP contribution in [0.1, 0.15) is 32.9 Å². The number of hydrogen-bond donors (Lipinski definition) is 1. The van der Waals surface area contributed by atoms with Crippen LogP contribution >= 0.6 is 11.6 Å². The third-order valence-electron chi connectivity index (χ3n) is 4.00. The van der Waals surface area contributed by atoms with E-state index in [-0.39, 0.29) is 19.6 Å². The maximum atomic E-state index is 12.7. The Bertz CT molecular complexity index is 588. The number of anilines is 1. The second-order valence-corrected chi connectivity index (χ2v) is 5.78. The summed E-state index contributed by atoms with van der Waals surface area (Å²) in [5, 5.41) is 3.70. The van der Waals surface area contributed by atoms with Gasteiger partial charge in [0.1, 0.15) is 0 Å². The molecule has 1 unspecified atom stereocenters. The molecule has 0 amide bonds. The molecule has 1 aliphatic heterocycles. The highest BCUT2D eigenvalue weighted by Crippen LogP contribution is 2.40. The van der Waals surface area contributed by atoms with Crippen molar-refractivity contribution in [1.29, 1.82) is 0 Å². The molecule has 1 aromatic rings. The largest absolute Gasteiger partial charge is 0.465 e. The number of fused-ring (bicyclic) bond motifs is 1. The fraction of sp³-hybridized carbons (Fsp3) is 0.562. The van der Waals surface area contributed by atoms with Crippen LogP contribution in [0.5, 0.6) is 0 Å². The van der Waals surface area contributed by atoms with Gasteiger partial charge < -0.3 is 14.8 Å². The highest BCUT2D eigenvalue weighted by molar-refractivity contribution is 6.30. The van der Waals surface area contributed by atoms with Crippen LogP contribution in [0.15, 0.2) is 12.3 Å². The highest BCUT2D eigenvalue weighted by atomic mass is 35.5. The molecule has 1 N–H and O–H groups in total. The van der Waals surface area contributed by atoms with Crippen LogP contribution in [0.2, 0.25) is 5.02 Å². The quantitative estimate of drug-likeness (QED) is 0.655. The number of nitrogens with zero attached hydrogens (tertiary/aromatic N) is 1. The maximum absolute atomic E-state index is 12.7. The van der Waals surface area contributed by atoms with E-state index in [4.69, 9.17) is 21.1 Å². The summed E-state index contributed by atoms with van der Waals surface area (Å²) in [6.07, 6.45) is 2.17. The Balaban J connectivity index is 2.52. The van der Waals surface area contributed by atoms with Crippen molar-refractivity contribution in [2.45, 2.75) is 39.7 Å². The van der Waals surface area contributed by atoms with Crippen molar-refractivity contribution in [2.75, 3.05) is 18.5 Å². The molecule has 7 heteroatoms. The number of esters is 2. The van der Waals surface area contributed by atoms with E-state index in [9.17, 15) is 9.59 Å². The van der Waals surface area contributed by atoms with Crippen molar-refractivity contribution < 1.29 is 19.1 Å². The molecule has 0 saturated carbocycles. The smallest absolute Gasteiger partial charge is 0.326 e. The molecule has 2 heterocycles. The fourth-order valence-corrected chi connectivity index (χ4v) is 3.07. The molecule has 0 fully saturated rings. The monoisotopic (exact) mass is 340 g/mol. The number of rotatable bonds is 5. The summed E-state index contributed by atoms with van der Waals surface area (Å²) in [5.74, 6) is -1.17. The first-order chi connectivity index (χ1) is 11.0. The van der Waals surface area contributed by atoms with Gasteiger partial charge in [-0.05, 0) is 26.3 Å². The molecule has 0 aliphatic carbocycles. The number of pyridine rings is 1. The van der Waals surface area contributed by atoms with Gasteiger partial charge in [0.15, 0.2) is 5.41 Å². The van der Waals surface area contributed by atoms with E-state index in [2.05, 4.69) is 10.3 Å². The third-order valence-corrected chi connectivity index (χ3v) is 4.20. The zero-order valence-corrected chi connectivity index (χ0v) is 14.3. The number of ether oxygens (including phenoxy) is 2. The average molecular weight is 341 g/mol. The average Bonchev–Trinajstić information content (AvgIpc) is 2.53. The van der Waals surface area contributed by atoms with Crippen LogP contribution in [-0.2, 0) is 25.5 Å². The zero-order chi connectivity index (χ0) is 17.0. The highest BCUT2D eigenvalue weighted by Gasteiger charge is 2.57. The summed E-state index contributed by atoms with van der Waals surface area (Å²) >= 11 is 5.98. The van der Waals surface area contributed by atoms with Gasteiger partial charge in [0, 0.05) is 12.6 Å². The summed E-state index contributed by atoms with van der Waals surface area (Å²) in [6.45, 7) is 5.70. The SMILES string of the molecule is CCOC(=O)C1(C(=O)OCC)Cc2ncc(Cl)cc2NC1CC. The lowest BCUT2D eigenvalue weighted by molar-refractivity contribution is -0.173. The molecular formula is C16H21ClN2O4. The van der Waals surface area contributed by atoms with Crippen LogP contribution in [0, 0.1) is 5.41 Å². The first-order valence-electron chi connectivity index (χ1n) is 7.74. The van der Waals surface area contributed by atoms with E-state index >= 15 is 0 Å². The van der Waals surface area contributed by atoms with Crippen molar-refractivity contribution in [3.63, 3.8) is 0 Å². The third kappa shape index (κ3) is 3.13. The lowest BCUT2D eigenvalue weighted by atomic mass is 9.72. The topological polar surface area (TPSA) is 77.5 Å². The second kappa shape index (κ2) is 7.17. The molecule has 0 aromatic carbocycles. The number of hydrogen-bond acceptors (Lipinski definition) is 6. The van der Waals surface area contributed by atoms with E-state index in [0.717, 1.165) is 5.69 Å².